The largest absolute Gasteiger partial charge is 0.501 e. The molecule has 1 aliphatic rings. The highest BCUT2D eigenvalue weighted by Gasteiger charge is 2.31. The van der Waals surface area contributed by atoms with Crippen LogP contribution in [0.25, 0.3) is 16.8 Å². The minimum absolute atomic E-state index is 0.207. The summed E-state index contributed by atoms with van der Waals surface area (Å²) in [6.07, 6.45) is 1.56. The van der Waals surface area contributed by atoms with Gasteiger partial charge in [-0.15, -0.1) is 8.42 Å². The molecular formula is C12H8O4S. The van der Waals surface area contributed by atoms with Crippen molar-refractivity contribution in [3.63, 3.8) is 0 Å². The second kappa shape index (κ2) is 3.24. The fourth-order valence-electron chi connectivity index (χ4n) is 1.91. The Morgan fingerprint density at radius 3 is 2.71 bits per heavy atom. The molecule has 0 atom stereocenters. The maximum atomic E-state index is 11.3. The predicted molar refractivity (Wildman–Crippen MR) is 64.2 cm³/mol. The van der Waals surface area contributed by atoms with Gasteiger partial charge in [-0.3, -0.25) is 0 Å². The van der Waals surface area contributed by atoms with Crippen LogP contribution >= 0.6 is 0 Å². The molecule has 4 nitrogen and oxygen atoms in total. The summed E-state index contributed by atoms with van der Waals surface area (Å²) in [5, 5.41) is 1.75. The summed E-state index contributed by atoms with van der Waals surface area (Å²) in [5.74, 6) is 0.414. The standard InChI is InChI=1S/C12H8O4S/c1-2-9-10-6-4-3-5-8(10)7-11-12(9)16-17(13,14)15-11/h2-7H,1H2. The van der Waals surface area contributed by atoms with Crippen LogP contribution in [-0.4, -0.2) is 8.42 Å². The number of hydrogen-bond donors (Lipinski definition) is 0. The molecule has 0 fully saturated rings. The molecule has 0 saturated carbocycles. The fraction of sp³-hybridized carbons (Fsp3) is 0. The molecule has 0 bridgehead atoms. The molecule has 1 aliphatic heterocycles. The SMILES string of the molecule is C=Cc1c2c(cc3ccccc13)OS(=O)(=O)O2. The third-order valence-electron chi connectivity index (χ3n) is 2.59. The fourth-order valence-corrected chi connectivity index (χ4v) is 2.66. The highest BCUT2D eigenvalue weighted by atomic mass is 32.3. The smallest absolute Gasteiger partial charge is 0.349 e. The van der Waals surface area contributed by atoms with Crippen molar-refractivity contribution >= 4 is 27.2 Å². The number of hydrogen-bond acceptors (Lipinski definition) is 4. The first-order valence-corrected chi connectivity index (χ1v) is 6.26. The zero-order valence-corrected chi connectivity index (χ0v) is 9.53. The quantitative estimate of drug-likeness (QED) is 0.778. The average molecular weight is 248 g/mol. The first-order chi connectivity index (χ1) is 8.11. The van der Waals surface area contributed by atoms with E-state index in [0.29, 0.717) is 5.56 Å². The van der Waals surface area contributed by atoms with Crippen molar-refractivity contribution in [3.8, 4) is 11.5 Å². The van der Waals surface area contributed by atoms with Gasteiger partial charge in [0.05, 0.1) is 0 Å². The zero-order valence-electron chi connectivity index (χ0n) is 8.71. The van der Waals surface area contributed by atoms with Crippen LogP contribution in [0.4, 0.5) is 0 Å². The van der Waals surface area contributed by atoms with Crippen LogP contribution in [0.3, 0.4) is 0 Å². The van der Waals surface area contributed by atoms with Crippen molar-refractivity contribution in [1.29, 1.82) is 0 Å². The lowest BCUT2D eigenvalue weighted by Crippen LogP contribution is -2.08. The summed E-state index contributed by atoms with van der Waals surface area (Å²) in [6, 6.07) is 9.12. The van der Waals surface area contributed by atoms with Gasteiger partial charge in [0.25, 0.3) is 0 Å². The predicted octanol–water partition coefficient (Wildman–Crippen LogP) is 2.50. The van der Waals surface area contributed by atoms with Gasteiger partial charge in [0, 0.05) is 5.56 Å². The van der Waals surface area contributed by atoms with Crippen LogP contribution in [0.2, 0.25) is 0 Å². The van der Waals surface area contributed by atoms with Gasteiger partial charge < -0.3 is 8.37 Å². The topological polar surface area (TPSA) is 52.6 Å². The van der Waals surface area contributed by atoms with E-state index in [1.165, 1.54) is 0 Å². The van der Waals surface area contributed by atoms with E-state index in [0.717, 1.165) is 10.8 Å². The van der Waals surface area contributed by atoms with Gasteiger partial charge in [0.2, 0.25) is 0 Å². The van der Waals surface area contributed by atoms with E-state index in [2.05, 4.69) is 6.58 Å². The average Bonchev–Trinajstić information content (AvgIpc) is 2.59. The van der Waals surface area contributed by atoms with Crippen LogP contribution in [-0.2, 0) is 10.4 Å². The Bertz CT molecular complexity index is 731. The first kappa shape index (κ1) is 10.2. The summed E-state index contributed by atoms with van der Waals surface area (Å²) in [5.41, 5.74) is 0.624. The Morgan fingerprint density at radius 1 is 1.18 bits per heavy atom. The van der Waals surface area contributed by atoms with Crippen molar-refractivity contribution in [2.75, 3.05) is 0 Å². The molecule has 0 radical (unpaired) electrons. The van der Waals surface area contributed by atoms with Gasteiger partial charge in [-0.25, -0.2) is 0 Å². The third-order valence-corrected chi connectivity index (χ3v) is 3.34. The molecule has 0 spiro atoms. The summed E-state index contributed by atoms with van der Waals surface area (Å²) in [6.45, 7) is 3.68. The van der Waals surface area contributed by atoms with Crippen LogP contribution in [0.15, 0.2) is 36.9 Å². The molecule has 0 aliphatic carbocycles. The molecule has 2 aromatic rings. The van der Waals surface area contributed by atoms with E-state index < -0.39 is 10.4 Å². The Hall–Kier alpha value is -2.01. The van der Waals surface area contributed by atoms with Crippen LogP contribution in [0.5, 0.6) is 11.5 Å². The van der Waals surface area contributed by atoms with Gasteiger partial charge in [0.1, 0.15) is 0 Å². The van der Waals surface area contributed by atoms with E-state index in [4.69, 9.17) is 8.37 Å². The summed E-state index contributed by atoms with van der Waals surface area (Å²) < 4.78 is 32.1. The number of rotatable bonds is 1. The van der Waals surface area contributed by atoms with Gasteiger partial charge in [0.15, 0.2) is 11.5 Å². The molecule has 0 saturated heterocycles. The van der Waals surface area contributed by atoms with Crippen molar-refractivity contribution in [1.82, 2.24) is 0 Å². The van der Waals surface area contributed by atoms with Crippen LogP contribution in [0.1, 0.15) is 5.56 Å². The molecule has 3 rings (SSSR count). The molecule has 86 valence electrons. The summed E-state index contributed by atoms with van der Waals surface area (Å²) in [7, 11) is -3.96. The number of fused-ring (bicyclic) bond motifs is 2. The molecule has 0 aromatic heterocycles. The highest BCUT2D eigenvalue weighted by molar-refractivity contribution is 7.82. The Labute approximate surface area is 98.4 Å². The van der Waals surface area contributed by atoms with Crippen molar-refractivity contribution in [2.45, 2.75) is 0 Å². The molecule has 2 aromatic carbocycles. The molecule has 0 unspecified atom stereocenters. The van der Waals surface area contributed by atoms with Crippen molar-refractivity contribution in [3.05, 3.63) is 42.5 Å². The third kappa shape index (κ3) is 1.47. The van der Waals surface area contributed by atoms with Crippen molar-refractivity contribution in [2.24, 2.45) is 0 Å². The van der Waals surface area contributed by atoms with E-state index in [1.54, 1.807) is 12.1 Å². The van der Waals surface area contributed by atoms with Gasteiger partial charge in [-0.1, -0.05) is 36.9 Å². The second-order valence-electron chi connectivity index (χ2n) is 3.62. The van der Waals surface area contributed by atoms with Crippen molar-refractivity contribution < 1.29 is 16.8 Å². The molecule has 1 heterocycles. The summed E-state index contributed by atoms with van der Waals surface area (Å²) >= 11 is 0. The van der Waals surface area contributed by atoms with Gasteiger partial charge >= 0.3 is 10.4 Å². The maximum absolute atomic E-state index is 11.3. The Balaban J connectivity index is 2.43. The van der Waals surface area contributed by atoms with Crippen LogP contribution in [0, 0.1) is 0 Å². The van der Waals surface area contributed by atoms with Gasteiger partial charge in [-0.05, 0) is 16.8 Å². The Kier molecular flexibility index (Phi) is 1.94. The van der Waals surface area contributed by atoms with E-state index >= 15 is 0 Å². The highest BCUT2D eigenvalue weighted by Crippen LogP contribution is 2.43. The molecular weight excluding hydrogens is 240 g/mol. The molecule has 5 heteroatoms. The lowest BCUT2D eigenvalue weighted by atomic mass is 10.0. The monoisotopic (exact) mass is 248 g/mol. The number of benzene rings is 2. The maximum Gasteiger partial charge on any atom is 0.501 e. The molecule has 0 N–H and O–H groups in total. The van der Waals surface area contributed by atoms with Gasteiger partial charge in [-0.2, -0.15) is 0 Å². The normalized spacial score (nSPS) is 16.0. The summed E-state index contributed by atoms with van der Waals surface area (Å²) in [4.78, 5) is 0. The molecule has 17 heavy (non-hydrogen) atoms. The van der Waals surface area contributed by atoms with E-state index in [1.807, 2.05) is 24.3 Å². The second-order valence-corrected chi connectivity index (χ2v) is 4.77. The molecule has 0 amide bonds. The zero-order chi connectivity index (χ0) is 12.0. The lowest BCUT2D eigenvalue weighted by Gasteiger charge is -2.04. The van der Waals surface area contributed by atoms with Crippen LogP contribution < -0.4 is 8.37 Å². The minimum Gasteiger partial charge on any atom is -0.349 e. The van der Waals surface area contributed by atoms with E-state index in [-0.39, 0.29) is 11.5 Å². The Morgan fingerprint density at radius 2 is 1.94 bits per heavy atom. The minimum atomic E-state index is -3.96. The lowest BCUT2D eigenvalue weighted by molar-refractivity contribution is 0.436. The first-order valence-electron chi connectivity index (χ1n) is 4.93. The van der Waals surface area contributed by atoms with E-state index in [9.17, 15) is 8.42 Å².